The number of rotatable bonds is 9. The van der Waals surface area contributed by atoms with E-state index >= 15 is 0 Å². The van der Waals surface area contributed by atoms with Crippen molar-refractivity contribution < 1.29 is 23.8 Å². The van der Waals surface area contributed by atoms with Gasteiger partial charge in [-0.25, -0.2) is 5.43 Å². The average molecular weight is 399 g/mol. The highest BCUT2D eigenvalue weighted by Crippen LogP contribution is 2.27. The molecule has 0 aliphatic heterocycles. The van der Waals surface area contributed by atoms with E-state index in [4.69, 9.17) is 14.2 Å². The lowest BCUT2D eigenvalue weighted by Crippen LogP contribution is -2.21. The highest BCUT2D eigenvalue weighted by Gasteiger charge is 2.12. The van der Waals surface area contributed by atoms with Crippen molar-refractivity contribution >= 4 is 23.2 Å². The maximum absolute atomic E-state index is 12.3. The summed E-state index contributed by atoms with van der Waals surface area (Å²) in [5.41, 5.74) is 3.83. The number of carbonyl (C=O) groups excluding carboxylic acids is 2. The minimum atomic E-state index is -0.424. The number of para-hydroxylation sites is 2. The van der Waals surface area contributed by atoms with Crippen LogP contribution in [-0.2, 0) is 4.79 Å². The van der Waals surface area contributed by atoms with Crippen LogP contribution in [0, 0.1) is 0 Å². The van der Waals surface area contributed by atoms with Crippen molar-refractivity contribution in [1.82, 2.24) is 5.43 Å². The number of nitrogens with one attached hydrogen (secondary N) is 2. The fourth-order valence-electron chi connectivity index (χ4n) is 2.51. The monoisotopic (exact) mass is 399 g/mol. The topological polar surface area (TPSA) is 98.2 Å². The van der Waals surface area contributed by atoms with Crippen molar-refractivity contribution in [3.63, 3.8) is 0 Å². The minimum absolute atomic E-state index is 0.0205. The van der Waals surface area contributed by atoms with Gasteiger partial charge in [0.1, 0.15) is 5.75 Å². The predicted octanol–water partition coefficient (Wildman–Crippen LogP) is 3.24. The standard InChI is InChI=1S/C21H25N3O5/c1-5-29-17-9-7-6-8-16(17)22-20(25)12-14(2)23-24-21(26)15-10-11-18(27-3)19(13-15)28-4/h6-11,13H,5,12H2,1-4H3,(H,22,25)(H,24,26)/b23-14-. The van der Waals surface area contributed by atoms with Crippen LogP contribution in [0.1, 0.15) is 30.6 Å². The number of hydrogen-bond donors (Lipinski definition) is 2. The first kappa shape index (κ1) is 21.7. The molecule has 0 aromatic heterocycles. The molecular formula is C21H25N3O5. The van der Waals surface area contributed by atoms with Crippen molar-refractivity contribution in [3.8, 4) is 17.2 Å². The molecule has 0 heterocycles. The summed E-state index contributed by atoms with van der Waals surface area (Å²) < 4.78 is 15.8. The summed E-state index contributed by atoms with van der Waals surface area (Å²) in [4.78, 5) is 24.5. The molecule has 2 rings (SSSR count). The molecule has 0 aliphatic rings. The van der Waals surface area contributed by atoms with E-state index in [0.29, 0.717) is 40.8 Å². The van der Waals surface area contributed by atoms with Gasteiger partial charge in [0.2, 0.25) is 5.91 Å². The Labute approximate surface area is 169 Å². The van der Waals surface area contributed by atoms with Crippen LogP contribution >= 0.6 is 0 Å². The SMILES string of the molecule is CCOc1ccccc1NC(=O)C/C(C)=N\NC(=O)c1ccc(OC)c(OC)c1. The van der Waals surface area contributed by atoms with Crippen molar-refractivity contribution in [1.29, 1.82) is 0 Å². The molecule has 29 heavy (non-hydrogen) atoms. The van der Waals surface area contributed by atoms with Crippen molar-refractivity contribution in [2.24, 2.45) is 5.10 Å². The van der Waals surface area contributed by atoms with E-state index in [9.17, 15) is 9.59 Å². The molecule has 2 aromatic rings. The third kappa shape index (κ3) is 6.24. The van der Waals surface area contributed by atoms with Gasteiger partial charge in [0.05, 0.1) is 32.9 Å². The zero-order valence-corrected chi connectivity index (χ0v) is 16.9. The van der Waals surface area contributed by atoms with E-state index in [1.807, 2.05) is 19.1 Å². The Morgan fingerprint density at radius 3 is 2.41 bits per heavy atom. The molecule has 8 heteroatoms. The van der Waals surface area contributed by atoms with Crippen LogP contribution in [0.4, 0.5) is 5.69 Å². The third-order valence-corrected chi connectivity index (χ3v) is 3.87. The van der Waals surface area contributed by atoms with E-state index in [2.05, 4.69) is 15.8 Å². The van der Waals surface area contributed by atoms with Crippen LogP contribution in [0.5, 0.6) is 17.2 Å². The maximum Gasteiger partial charge on any atom is 0.271 e. The van der Waals surface area contributed by atoms with E-state index in [1.165, 1.54) is 14.2 Å². The van der Waals surface area contributed by atoms with Gasteiger partial charge < -0.3 is 19.5 Å². The average Bonchev–Trinajstić information content (AvgIpc) is 2.73. The van der Waals surface area contributed by atoms with Gasteiger partial charge in [-0.2, -0.15) is 5.10 Å². The van der Waals surface area contributed by atoms with Gasteiger partial charge in [0.15, 0.2) is 11.5 Å². The van der Waals surface area contributed by atoms with Gasteiger partial charge in [0.25, 0.3) is 5.91 Å². The van der Waals surface area contributed by atoms with Crippen LogP contribution < -0.4 is 25.0 Å². The number of ether oxygens (including phenoxy) is 3. The Kier molecular flexibility index (Phi) is 8.02. The highest BCUT2D eigenvalue weighted by molar-refractivity contribution is 6.06. The van der Waals surface area contributed by atoms with Gasteiger partial charge in [-0.05, 0) is 44.2 Å². The van der Waals surface area contributed by atoms with Crippen LogP contribution in [0.25, 0.3) is 0 Å². The Morgan fingerprint density at radius 1 is 1.00 bits per heavy atom. The van der Waals surface area contributed by atoms with Gasteiger partial charge in [-0.15, -0.1) is 0 Å². The maximum atomic E-state index is 12.3. The predicted molar refractivity (Wildman–Crippen MR) is 111 cm³/mol. The summed E-state index contributed by atoms with van der Waals surface area (Å²) in [5, 5.41) is 6.78. The molecule has 0 fully saturated rings. The fraction of sp³-hybridized carbons (Fsp3) is 0.286. The first-order valence-corrected chi connectivity index (χ1v) is 9.05. The Balaban J connectivity index is 1.96. The lowest BCUT2D eigenvalue weighted by Gasteiger charge is -2.11. The molecular weight excluding hydrogens is 374 g/mol. The Bertz CT molecular complexity index is 896. The largest absolute Gasteiger partial charge is 0.493 e. The van der Waals surface area contributed by atoms with Gasteiger partial charge in [-0.3, -0.25) is 9.59 Å². The number of nitrogens with zero attached hydrogens (tertiary/aromatic N) is 1. The summed E-state index contributed by atoms with van der Waals surface area (Å²) in [7, 11) is 3.01. The molecule has 2 aromatic carbocycles. The Morgan fingerprint density at radius 2 is 1.72 bits per heavy atom. The van der Waals surface area contributed by atoms with Crippen LogP contribution in [0.15, 0.2) is 47.6 Å². The summed E-state index contributed by atoms with van der Waals surface area (Å²) in [6.45, 7) is 4.02. The zero-order chi connectivity index (χ0) is 21.2. The van der Waals surface area contributed by atoms with E-state index < -0.39 is 5.91 Å². The quantitative estimate of drug-likeness (QED) is 0.498. The van der Waals surface area contributed by atoms with Crippen molar-refractivity contribution in [3.05, 3.63) is 48.0 Å². The van der Waals surface area contributed by atoms with Gasteiger partial charge in [0, 0.05) is 11.3 Å². The van der Waals surface area contributed by atoms with Crippen molar-refractivity contribution in [2.75, 3.05) is 26.1 Å². The van der Waals surface area contributed by atoms with Crippen LogP contribution in [0.2, 0.25) is 0 Å². The molecule has 0 atom stereocenters. The molecule has 0 bridgehead atoms. The molecule has 154 valence electrons. The number of carbonyl (C=O) groups is 2. The Hall–Kier alpha value is -3.55. The molecule has 0 unspecified atom stereocenters. The summed E-state index contributed by atoms with van der Waals surface area (Å²) in [6.07, 6.45) is 0.0205. The van der Waals surface area contributed by atoms with Gasteiger partial charge in [-0.1, -0.05) is 12.1 Å². The number of anilines is 1. The van der Waals surface area contributed by atoms with Gasteiger partial charge >= 0.3 is 0 Å². The summed E-state index contributed by atoms with van der Waals surface area (Å²) in [6, 6.07) is 12.0. The fourth-order valence-corrected chi connectivity index (χ4v) is 2.51. The molecule has 0 radical (unpaired) electrons. The number of hydrazone groups is 1. The van der Waals surface area contributed by atoms with Crippen LogP contribution in [0.3, 0.4) is 0 Å². The first-order chi connectivity index (χ1) is 14.0. The summed E-state index contributed by atoms with van der Waals surface area (Å²) >= 11 is 0. The molecule has 2 amide bonds. The zero-order valence-electron chi connectivity index (χ0n) is 16.9. The number of methoxy groups -OCH3 is 2. The first-order valence-electron chi connectivity index (χ1n) is 9.05. The third-order valence-electron chi connectivity index (χ3n) is 3.87. The lowest BCUT2D eigenvalue weighted by atomic mass is 10.2. The normalized spacial score (nSPS) is 10.8. The molecule has 0 saturated heterocycles. The number of benzene rings is 2. The highest BCUT2D eigenvalue weighted by atomic mass is 16.5. The van der Waals surface area contributed by atoms with E-state index in [0.717, 1.165) is 0 Å². The van der Waals surface area contributed by atoms with Crippen molar-refractivity contribution in [2.45, 2.75) is 20.3 Å². The number of hydrogen-bond acceptors (Lipinski definition) is 6. The van der Waals surface area contributed by atoms with E-state index in [-0.39, 0.29) is 12.3 Å². The number of amides is 2. The minimum Gasteiger partial charge on any atom is -0.493 e. The lowest BCUT2D eigenvalue weighted by molar-refractivity contribution is -0.115. The molecule has 0 spiro atoms. The summed E-state index contributed by atoms with van der Waals surface area (Å²) in [5.74, 6) is 0.867. The molecule has 0 saturated carbocycles. The van der Waals surface area contributed by atoms with Crippen LogP contribution in [-0.4, -0.2) is 38.4 Å². The molecule has 0 aliphatic carbocycles. The second-order valence-corrected chi connectivity index (χ2v) is 6.01. The second kappa shape index (κ2) is 10.7. The smallest absolute Gasteiger partial charge is 0.271 e. The second-order valence-electron chi connectivity index (χ2n) is 6.01. The van der Waals surface area contributed by atoms with E-state index in [1.54, 1.807) is 37.3 Å². The molecule has 8 nitrogen and oxygen atoms in total. The molecule has 2 N–H and O–H groups in total.